The molecular formula is C19H19NO3. The maximum absolute atomic E-state index is 11.8. The minimum atomic E-state index is -0.653. The highest BCUT2D eigenvalue weighted by Crippen LogP contribution is 2.36. The number of hydrogen-bond donors (Lipinski definition) is 1. The number of amides is 1. The van der Waals surface area contributed by atoms with Gasteiger partial charge in [-0.25, -0.2) is 4.79 Å². The van der Waals surface area contributed by atoms with Crippen molar-refractivity contribution in [2.24, 2.45) is 0 Å². The van der Waals surface area contributed by atoms with Gasteiger partial charge >= 0.3 is 5.97 Å². The summed E-state index contributed by atoms with van der Waals surface area (Å²) in [4.78, 5) is 23.1. The lowest BCUT2D eigenvalue weighted by atomic mass is 9.99. The molecular weight excluding hydrogens is 290 g/mol. The van der Waals surface area contributed by atoms with Gasteiger partial charge in [0.2, 0.25) is 5.91 Å². The van der Waals surface area contributed by atoms with Gasteiger partial charge in [0.15, 0.2) is 0 Å². The number of esters is 1. The SMILES string of the molecule is COC(=O)C(Cc1ccc2c(c1)Cc1ccccc1-2)NC(C)=O. The van der Waals surface area contributed by atoms with E-state index < -0.39 is 12.0 Å². The van der Waals surface area contributed by atoms with Crippen LogP contribution in [0.2, 0.25) is 0 Å². The van der Waals surface area contributed by atoms with Gasteiger partial charge in [-0.3, -0.25) is 4.79 Å². The Labute approximate surface area is 135 Å². The van der Waals surface area contributed by atoms with E-state index in [9.17, 15) is 9.59 Å². The Balaban J connectivity index is 1.84. The van der Waals surface area contributed by atoms with Crippen LogP contribution in [0.25, 0.3) is 11.1 Å². The highest BCUT2D eigenvalue weighted by Gasteiger charge is 2.22. The second-order valence-corrected chi connectivity index (χ2v) is 5.81. The normalized spacial score (nSPS) is 13.0. The Kier molecular flexibility index (Phi) is 4.15. The summed E-state index contributed by atoms with van der Waals surface area (Å²) in [6.45, 7) is 1.40. The fourth-order valence-corrected chi connectivity index (χ4v) is 3.14. The molecule has 3 rings (SSSR count). The number of rotatable bonds is 4. The molecule has 0 aromatic heterocycles. The number of hydrogen-bond acceptors (Lipinski definition) is 3. The van der Waals surface area contributed by atoms with Crippen molar-refractivity contribution < 1.29 is 14.3 Å². The Morgan fingerprint density at radius 2 is 1.87 bits per heavy atom. The second kappa shape index (κ2) is 6.24. The monoisotopic (exact) mass is 309 g/mol. The van der Waals surface area contributed by atoms with Crippen molar-refractivity contribution in [3.8, 4) is 11.1 Å². The number of nitrogens with one attached hydrogen (secondary N) is 1. The first-order valence-corrected chi connectivity index (χ1v) is 7.63. The summed E-state index contributed by atoms with van der Waals surface area (Å²) >= 11 is 0. The molecule has 2 aromatic rings. The van der Waals surface area contributed by atoms with Gasteiger partial charge in [0.1, 0.15) is 6.04 Å². The fraction of sp³-hybridized carbons (Fsp3) is 0.263. The average Bonchev–Trinajstić information content (AvgIpc) is 2.90. The second-order valence-electron chi connectivity index (χ2n) is 5.81. The standard InChI is InChI=1S/C19H19NO3/c1-12(21)20-18(19(22)23-2)10-13-7-8-17-15(9-13)11-14-5-3-4-6-16(14)17/h3-9,18H,10-11H2,1-2H3,(H,20,21). The zero-order chi connectivity index (χ0) is 16.4. The summed E-state index contributed by atoms with van der Waals surface area (Å²) in [7, 11) is 1.33. The van der Waals surface area contributed by atoms with Gasteiger partial charge in [-0.2, -0.15) is 0 Å². The molecule has 1 aliphatic carbocycles. The van der Waals surface area contributed by atoms with Gasteiger partial charge in [-0.15, -0.1) is 0 Å². The molecule has 0 bridgehead atoms. The van der Waals surface area contributed by atoms with E-state index in [0.717, 1.165) is 12.0 Å². The predicted octanol–water partition coefficient (Wildman–Crippen LogP) is 2.48. The average molecular weight is 309 g/mol. The number of carbonyl (C=O) groups is 2. The van der Waals surface area contributed by atoms with Crippen LogP contribution in [0.5, 0.6) is 0 Å². The molecule has 1 atom stereocenters. The molecule has 0 saturated carbocycles. The summed E-state index contributed by atoms with van der Waals surface area (Å²) in [5.74, 6) is -0.669. The number of ether oxygens (including phenoxy) is 1. The van der Waals surface area contributed by atoms with Crippen LogP contribution in [0, 0.1) is 0 Å². The van der Waals surface area contributed by atoms with Gasteiger partial charge in [-0.1, -0.05) is 42.5 Å². The number of fused-ring (bicyclic) bond motifs is 3. The molecule has 4 nitrogen and oxygen atoms in total. The smallest absolute Gasteiger partial charge is 0.328 e. The molecule has 0 aliphatic heterocycles. The lowest BCUT2D eigenvalue weighted by Crippen LogP contribution is -2.42. The van der Waals surface area contributed by atoms with Gasteiger partial charge in [-0.05, 0) is 34.2 Å². The molecule has 23 heavy (non-hydrogen) atoms. The summed E-state index contributed by atoms with van der Waals surface area (Å²) in [5, 5.41) is 2.65. The van der Waals surface area contributed by atoms with E-state index in [4.69, 9.17) is 4.74 Å². The molecule has 1 unspecified atom stereocenters. The van der Waals surface area contributed by atoms with Crippen LogP contribution in [0.1, 0.15) is 23.6 Å². The minimum absolute atomic E-state index is 0.242. The summed E-state index contributed by atoms with van der Waals surface area (Å²) in [6, 6.07) is 13.9. The third-order valence-electron chi connectivity index (χ3n) is 4.16. The van der Waals surface area contributed by atoms with E-state index in [1.54, 1.807) is 0 Å². The Morgan fingerprint density at radius 1 is 1.13 bits per heavy atom. The molecule has 1 amide bonds. The van der Waals surface area contributed by atoms with Gasteiger partial charge < -0.3 is 10.1 Å². The maximum atomic E-state index is 11.8. The van der Waals surface area contributed by atoms with Crippen molar-refractivity contribution in [2.45, 2.75) is 25.8 Å². The third kappa shape index (κ3) is 3.11. The van der Waals surface area contributed by atoms with Crippen LogP contribution in [0.4, 0.5) is 0 Å². The van der Waals surface area contributed by atoms with Crippen molar-refractivity contribution in [3.05, 3.63) is 59.2 Å². The lowest BCUT2D eigenvalue weighted by molar-refractivity contribution is -0.144. The first-order chi connectivity index (χ1) is 11.1. The van der Waals surface area contributed by atoms with Gasteiger partial charge in [0.25, 0.3) is 0 Å². The Hall–Kier alpha value is -2.62. The fourth-order valence-electron chi connectivity index (χ4n) is 3.14. The highest BCUT2D eigenvalue weighted by atomic mass is 16.5. The first kappa shape index (κ1) is 15.3. The molecule has 0 saturated heterocycles. The van der Waals surface area contributed by atoms with E-state index in [1.165, 1.54) is 36.3 Å². The van der Waals surface area contributed by atoms with Crippen molar-refractivity contribution in [3.63, 3.8) is 0 Å². The van der Waals surface area contributed by atoms with Crippen molar-refractivity contribution in [2.75, 3.05) is 7.11 Å². The van der Waals surface area contributed by atoms with Crippen molar-refractivity contribution >= 4 is 11.9 Å². The van der Waals surface area contributed by atoms with Crippen LogP contribution < -0.4 is 5.32 Å². The first-order valence-electron chi connectivity index (χ1n) is 7.63. The number of benzene rings is 2. The van der Waals surface area contributed by atoms with Crippen LogP contribution >= 0.6 is 0 Å². The summed E-state index contributed by atoms with van der Waals surface area (Å²) in [5.41, 5.74) is 6.13. The van der Waals surface area contributed by atoms with E-state index in [1.807, 2.05) is 12.1 Å². The molecule has 4 heteroatoms. The predicted molar refractivity (Wildman–Crippen MR) is 88.0 cm³/mol. The quantitative estimate of drug-likeness (QED) is 0.753. The number of carbonyl (C=O) groups excluding carboxylic acids is 2. The Bertz CT molecular complexity index is 767. The molecule has 0 radical (unpaired) electrons. The molecule has 0 heterocycles. The highest BCUT2D eigenvalue weighted by molar-refractivity contribution is 5.83. The van der Waals surface area contributed by atoms with E-state index in [0.29, 0.717) is 6.42 Å². The zero-order valence-electron chi connectivity index (χ0n) is 13.3. The van der Waals surface area contributed by atoms with Crippen molar-refractivity contribution in [1.82, 2.24) is 5.32 Å². The van der Waals surface area contributed by atoms with Crippen molar-refractivity contribution in [1.29, 1.82) is 0 Å². The van der Waals surface area contributed by atoms with Gasteiger partial charge in [0, 0.05) is 13.3 Å². The van der Waals surface area contributed by atoms with Gasteiger partial charge in [0.05, 0.1) is 7.11 Å². The third-order valence-corrected chi connectivity index (χ3v) is 4.16. The number of methoxy groups -OCH3 is 1. The van der Waals surface area contributed by atoms with E-state index in [-0.39, 0.29) is 5.91 Å². The lowest BCUT2D eigenvalue weighted by Gasteiger charge is -2.16. The van der Waals surface area contributed by atoms with Crippen LogP contribution in [-0.4, -0.2) is 25.0 Å². The molecule has 118 valence electrons. The minimum Gasteiger partial charge on any atom is -0.467 e. The molecule has 2 aromatic carbocycles. The summed E-state index contributed by atoms with van der Waals surface area (Å²) in [6.07, 6.45) is 1.33. The summed E-state index contributed by atoms with van der Waals surface area (Å²) < 4.78 is 4.78. The zero-order valence-corrected chi connectivity index (χ0v) is 13.3. The Morgan fingerprint density at radius 3 is 2.61 bits per heavy atom. The molecule has 1 aliphatic rings. The maximum Gasteiger partial charge on any atom is 0.328 e. The topological polar surface area (TPSA) is 55.4 Å². The van der Waals surface area contributed by atoms with E-state index >= 15 is 0 Å². The van der Waals surface area contributed by atoms with Crippen LogP contribution in [0.3, 0.4) is 0 Å². The molecule has 0 fully saturated rings. The molecule has 0 spiro atoms. The molecule has 1 N–H and O–H groups in total. The van der Waals surface area contributed by atoms with Crippen LogP contribution in [0.15, 0.2) is 42.5 Å². The van der Waals surface area contributed by atoms with Crippen LogP contribution in [-0.2, 0) is 27.2 Å². The largest absolute Gasteiger partial charge is 0.467 e. The van der Waals surface area contributed by atoms with E-state index in [2.05, 4.69) is 35.6 Å².